The van der Waals surface area contributed by atoms with Crippen LogP contribution in [-0.2, 0) is 29.9 Å². The molecule has 0 aliphatic carbocycles. The van der Waals surface area contributed by atoms with Crippen LogP contribution in [0.5, 0.6) is 0 Å². The third-order valence-corrected chi connectivity index (χ3v) is 6.65. The quantitative estimate of drug-likeness (QED) is 0.685. The van der Waals surface area contributed by atoms with Crippen LogP contribution in [0.3, 0.4) is 0 Å². The van der Waals surface area contributed by atoms with Gasteiger partial charge in [0, 0.05) is 29.0 Å². The summed E-state index contributed by atoms with van der Waals surface area (Å²) in [5.74, 6) is -1.86. The number of benzene rings is 1. The molecule has 3 heterocycles. The molecule has 148 valence electrons. The second-order valence-corrected chi connectivity index (χ2v) is 8.48. The normalized spacial score (nSPS) is 17.9. The lowest BCUT2D eigenvalue weighted by Gasteiger charge is -2.21. The zero-order chi connectivity index (χ0) is 19.9. The van der Waals surface area contributed by atoms with E-state index < -0.39 is 15.6 Å². The van der Waals surface area contributed by atoms with Gasteiger partial charge in [-0.15, -0.1) is 0 Å². The summed E-state index contributed by atoms with van der Waals surface area (Å²) in [6.07, 6.45) is 3.78. The third kappa shape index (κ3) is 2.69. The molecule has 0 N–H and O–H groups in total. The molecule has 2 aliphatic heterocycles. The predicted molar refractivity (Wildman–Crippen MR) is 97.3 cm³/mol. The number of hydrogen-bond acceptors (Lipinski definition) is 6. The van der Waals surface area contributed by atoms with Crippen LogP contribution in [0.25, 0.3) is 0 Å². The molecule has 0 unspecified atom stereocenters. The molecule has 0 atom stereocenters. The molecule has 1 spiro atoms. The number of rotatable bonds is 5. The Morgan fingerprint density at radius 3 is 2.43 bits per heavy atom. The van der Waals surface area contributed by atoms with Crippen molar-refractivity contribution in [3.05, 3.63) is 48.3 Å². The highest BCUT2D eigenvalue weighted by atomic mass is 32.2. The summed E-state index contributed by atoms with van der Waals surface area (Å²) in [7, 11) is -2.31. The molecular weight excluding hydrogens is 384 g/mol. The highest BCUT2D eigenvalue weighted by Gasteiger charge is 2.56. The number of aromatic nitrogens is 1. The Kier molecular flexibility index (Phi) is 4.60. The summed E-state index contributed by atoms with van der Waals surface area (Å²) in [4.78, 5) is 19.8. The first kappa shape index (κ1) is 18.9. The van der Waals surface area contributed by atoms with E-state index in [1.807, 2.05) is 6.92 Å². The molecule has 0 radical (unpaired) electrons. The van der Waals surface area contributed by atoms with Crippen molar-refractivity contribution in [2.24, 2.45) is 0 Å². The molecule has 9 heteroatoms. The van der Waals surface area contributed by atoms with Crippen LogP contribution in [0.1, 0.15) is 18.9 Å². The lowest BCUT2D eigenvalue weighted by Crippen LogP contribution is -2.41. The summed E-state index contributed by atoms with van der Waals surface area (Å²) in [5, 5.41) is 0. The van der Waals surface area contributed by atoms with Gasteiger partial charge in [-0.3, -0.25) is 9.63 Å². The largest absolute Gasteiger partial charge is 0.336 e. The topological polar surface area (TPSA) is 86.0 Å². The number of anilines is 1. The minimum atomic E-state index is -3.79. The van der Waals surface area contributed by atoms with Crippen LogP contribution in [0.4, 0.5) is 5.69 Å². The van der Waals surface area contributed by atoms with Gasteiger partial charge in [0.2, 0.25) is 22.2 Å². The molecule has 2 aliphatic rings. The Bertz CT molecular complexity index is 1010. The molecule has 1 fully saturated rings. The van der Waals surface area contributed by atoms with Gasteiger partial charge >= 0.3 is 0 Å². The van der Waals surface area contributed by atoms with E-state index in [9.17, 15) is 13.2 Å². The summed E-state index contributed by atoms with van der Waals surface area (Å²) in [5.41, 5.74) is 1.06. The number of carbonyl (C=O) groups excluding carboxylic acids is 1. The van der Waals surface area contributed by atoms with Crippen LogP contribution < -0.4 is 14.5 Å². The average molecular weight is 405 g/mol. The Hall–Kier alpha value is -2.49. The van der Waals surface area contributed by atoms with Crippen molar-refractivity contribution in [3.63, 3.8) is 0 Å². The second-order valence-electron chi connectivity index (χ2n) is 6.53. The SMILES string of the molecule is CCCN1C(=O)C2(OCCO2)c2cc(S(=O)(=O)c3cc[n+](OC)cc3)ccc21. The zero-order valence-corrected chi connectivity index (χ0v) is 16.4. The van der Waals surface area contributed by atoms with Gasteiger partial charge in [0.05, 0.1) is 28.7 Å². The summed E-state index contributed by atoms with van der Waals surface area (Å²) in [6, 6.07) is 7.56. The van der Waals surface area contributed by atoms with Gasteiger partial charge in [0.25, 0.3) is 11.7 Å². The van der Waals surface area contributed by atoms with Gasteiger partial charge in [0.15, 0.2) is 0 Å². The van der Waals surface area contributed by atoms with Gasteiger partial charge in [-0.05, 0) is 24.6 Å². The number of carbonyl (C=O) groups is 1. The van der Waals surface area contributed by atoms with Crippen molar-refractivity contribution in [2.45, 2.75) is 28.9 Å². The van der Waals surface area contributed by atoms with Gasteiger partial charge < -0.3 is 14.4 Å². The van der Waals surface area contributed by atoms with E-state index in [4.69, 9.17) is 14.3 Å². The molecule has 8 nitrogen and oxygen atoms in total. The first-order chi connectivity index (χ1) is 13.4. The molecule has 0 saturated carbocycles. The van der Waals surface area contributed by atoms with Crippen LogP contribution in [0.2, 0.25) is 0 Å². The minimum Gasteiger partial charge on any atom is -0.336 e. The van der Waals surface area contributed by atoms with E-state index in [1.54, 1.807) is 11.0 Å². The van der Waals surface area contributed by atoms with E-state index in [0.717, 1.165) is 6.42 Å². The van der Waals surface area contributed by atoms with Crippen molar-refractivity contribution in [1.82, 2.24) is 0 Å². The zero-order valence-electron chi connectivity index (χ0n) is 15.6. The molecule has 28 heavy (non-hydrogen) atoms. The number of nitrogens with zero attached hydrogens (tertiary/aromatic N) is 2. The number of fused-ring (bicyclic) bond motifs is 2. The molecular formula is C19H21N2O6S+. The van der Waals surface area contributed by atoms with Gasteiger partial charge in [-0.1, -0.05) is 6.92 Å². The highest BCUT2D eigenvalue weighted by Crippen LogP contribution is 2.46. The van der Waals surface area contributed by atoms with Crippen LogP contribution in [0, 0.1) is 0 Å². The summed E-state index contributed by atoms with van der Waals surface area (Å²) in [6.45, 7) is 3.02. The third-order valence-electron chi connectivity index (χ3n) is 4.88. The average Bonchev–Trinajstić information content (AvgIpc) is 3.29. The highest BCUT2D eigenvalue weighted by molar-refractivity contribution is 7.91. The van der Waals surface area contributed by atoms with Crippen molar-refractivity contribution >= 4 is 21.4 Å². The standard InChI is InChI=1S/C19H21N2O6S/c1-3-8-21-17-5-4-15(13-16(17)19(18(21)22)26-11-12-27-19)28(23,24)14-6-9-20(25-2)10-7-14/h4-7,9-10,13H,3,8,11-12H2,1-2H3/q+1. The molecule has 1 amide bonds. The predicted octanol–water partition coefficient (Wildman–Crippen LogP) is 0.822. The van der Waals surface area contributed by atoms with Crippen molar-refractivity contribution < 1.29 is 32.3 Å². The van der Waals surface area contributed by atoms with E-state index in [0.29, 0.717) is 17.8 Å². The van der Waals surface area contributed by atoms with Crippen LogP contribution in [0.15, 0.2) is 52.5 Å². The summed E-state index contributed by atoms with van der Waals surface area (Å²) < 4.78 is 39.0. The molecule has 1 saturated heterocycles. The van der Waals surface area contributed by atoms with Gasteiger partial charge in [-0.25, -0.2) is 8.42 Å². The van der Waals surface area contributed by atoms with E-state index in [2.05, 4.69) is 0 Å². The first-order valence-electron chi connectivity index (χ1n) is 8.99. The maximum atomic E-state index is 13.1. The van der Waals surface area contributed by atoms with Crippen LogP contribution in [-0.4, -0.2) is 41.2 Å². The molecule has 0 bridgehead atoms. The second kappa shape index (κ2) is 6.84. The van der Waals surface area contributed by atoms with E-state index in [-0.39, 0.29) is 28.9 Å². The minimum absolute atomic E-state index is 0.0750. The van der Waals surface area contributed by atoms with Crippen molar-refractivity contribution in [1.29, 1.82) is 0 Å². The monoisotopic (exact) mass is 405 g/mol. The van der Waals surface area contributed by atoms with Crippen LogP contribution >= 0.6 is 0 Å². The maximum Gasteiger partial charge on any atom is 0.292 e. The Labute approximate surface area is 163 Å². The first-order valence-corrected chi connectivity index (χ1v) is 10.5. The Morgan fingerprint density at radius 1 is 1.14 bits per heavy atom. The molecule has 1 aromatic heterocycles. The number of sulfone groups is 1. The van der Waals surface area contributed by atoms with Crippen molar-refractivity contribution in [2.75, 3.05) is 31.8 Å². The number of pyridine rings is 1. The van der Waals surface area contributed by atoms with Crippen molar-refractivity contribution in [3.8, 4) is 0 Å². The fraction of sp³-hybridized carbons (Fsp3) is 0.368. The summed E-state index contributed by atoms with van der Waals surface area (Å²) >= 11 is 0. The molecule has 1 aromatic carbocycles. The lowest BCUT2D eigenvalue weighted by molar-refractivity contribution is -0.885. The van der Waals surface area contributed by atoms with Gasteiger partial charge in [0.1, 0.15) is 7.11 Å². The lowest BCUT2D eigenvalue weighted by atomic mass is 10.1. The number of amides is 1. The Morgan fingerprint density at radius 2 is 1.82 bits per heavy atom. The van der Waals surface area contributed by atoms with Gasteiger partial charge in [-0.2, -0.15) is 0 Å². The number of hydrogen-bond donors (Lipinski definition) is 0. The maximum absolute atomic E-state index is 13.1. The van der Waals surface area contributed by atoms with E-state index in [1.165, 1.54) is 48.5 Å². The molecule has 4 rings (SSSR count). The fourth-order valence-electron chi connectivity index (χ4n) is 3.56. The Balaban J connectivity index is 1.81. The molecule has 2 aromatic rings. The van der Waals surface area contributed by atoms with E-state index >= 15 is 0 Å². The smallest absolute Gasteiger partial charge is 0.292 e. The fourth-order valence-corrected chi connectivity index (χ4v) is 4.83. The number of ether oxygens (including phenoxy) is 2.